The van der Waals surface area contributed by atoms with E-state index in [1.165, 1.54) is 4.57 Å². The highest BCUT2D eigenvalue weighted by Gasteiger charge is 2.17. The predicted molar refractivity (Wildman–Crippen MR) is 138 cm³/mol. The Morgan fingerprint density at radius 3 is 2.39 bits per heavy atom. The minimum absolute atomic E-state index is 0.285. The minimum Gasteiger partial charge on any atom is -0.495 e. The number of nitrogens with zero attached hydrogens (tertiary/aromatic N) is 5. The van der Waals surface area contributed by atoms with E-state index in [0.29, 0.717) is 35.6 Å². The highest BCUT2D eigenvalue weighted by molar-refractivity contribution is 5.84. The molecule has 0 aliphatic carbocycles. The van der Waals surface area contributed by atoms with Crippen LogP contribution in [0, 0.1) is 0 Å². The lowest BCUT2D eigenvalue weighted by molar-refractivity contribution is 0.416. The summed E-state index contributed by atoms with van der Waals surface area (Å²) in [7, 11) is 1.54. The Labute approximate surface area is 207 Å². The number of methoxy groups -OCH3 is 1. The van der Waals surface area contributed by atoms with Crippen molar-refractivity contribution in [1.82, 2.24) is 29.8 Å². The lowest BCUT2D eigenvalue weighted by Crippen LogP contribution is -2.40. The second-order valence-electron chi connectivity index (χ2n) is 8.51. The van der Waals surface area contributed by atoms with Crippen molar-refractivity contribution in [3.63, 3.8) is 0 Å². The Hall–Kier alpha value is -4.53. The van der Waals surface area contributed by atoms with Crippen molar-refractivity contribution in [3.8, 4) is 28.3 Å². The molecule has 5 rings (SSSR count). The molecule has 36 heavy (non-hydrogen) atoms. The zero-order chi connectivity index (χ0) is 25.1. The number of hydrogen-bond donors (Lipinski definition) is 1. The largest absolute Gasteiger partial charge is 0.495 e. The van der Waals surface area contributed by atoms with Gasteiger partial charge in [-0.25, -0.2) is 4.79 Å². The Morgan fingerprint density at radius 1 is 0.917 bits per heavy atom. The molecule has 0 unspecified atom stereocenters. The Balaban J connectivity index is 1.58. The van der Waals surface area contributed by atoms with Crippen LogP contribution in [0.2, 0.25) is 0 Å². The van der Waals surface area contributed by atoms with E-state index in [1.807, 2.05) is 55.5 Å². The molecule has 3 aromatic carbocycles. The lowest BCUT2D eigenvalue weighted by atomic mass is 9.98. The summed E-state index contributed by atoms with van der Waals surface area (Å²) in [6, 6.07) is 21.1. The predicted octanol–water partition coefficient (Wildman–Crippen LogP) is 3.87. The van der Waals surface area contributed by atoms with Crippen molar-refractivity contribution in [2.45, 2.75) is 32.9 Å². The van der Waals surface area contributed by atoms with E-state index in [0.717, 1.165) is 35.1 Å². The topological polar surface area (TPSA) is 108 Å². The van der Waals surface area contributed by atoms with Gasteiger partial charge < -0.3 is 4.74 Å². The van der Waals surface area contributed by atoms with Gasteiger partial charge in [-0.15, -0.1) is 10.2 Å². The molecule has 2 heterocycles. The molecule has 0 spiro atoms. The van der Waals surface area contributed by atoms with E-state index in [1.54, 1.807) is 29.9 Å². The number of tetrazole rings is 1. The molecule has 0 aliphatic heterocycles. The van der Waals surface area contributed by atoms with Gasteiger partial charge in [0.15, 0.2) is 0 Å². The van der Waals surface area contributed by atoms with Crippen LogP contribution in [-0.2, 0) is 13.1 Å². The molecule has 9 nitrogen and oxygen atoms in total. The standard InChI is InChI=1S/C27H26N6O3/c1-3-4-16-32-26(34)22-10-7-11-23(36-2)24(22)33(27(32)35)17-18-12-14-19(15-13-18)20-8-5-6-9-21(20)25-28-30-31-29-25/h5-15H,3-4,16-17H2,1-2H3,(H,28,29,30,31). The summed E-state index contributed by atoms with van der Waals surface area (Å²) < 4.78 is 8.50. The van der Waals surface area contributed by atoms with E-state index >= 15 is 0 Å². The Bertz CT molecular complexity index is 1620. The van der Waals surface area contributed by atoms with Gasteiger partial charge in [-0.1, -0.05) is 67.9 Å². The smallest absolute Gasteiger partial charge is 0.331 e. The molecular weight excluding hydrogens is 456 g/mol. The van der Waals surface area contributed by atoms with Crippen LogP contribution in [-0.4, -0.2) is 36.9 Å². The summed E-state index contributed by atoms with van der Waals surface area (Å²) >= 11 is 0. The number of ether oxygens (including phenoxy) is 1. The number of aromatic amines is 1. The maximum absolute atomic E-state index is 13.5. The Morgan fingerprint density at radius 2 is 1.69 bits per heavy atom. The van der Waals surface area contributed by atoms with Crippen molar-refractivity contribution in [2.24, 2.45) is 0 Å². The zero-order valence-corrected chi connectivity index (χ0v) is 20.1. The van der Waals surface area contributed by atoms with Crippen LogP contribution in [0.15, 0.2) is 76.3 Å². The fourth-order valence-corrected chi connectivity index (χ4v) is 4.45. The summed E-state index contributed by atoms with van der Waals surface area (Å²) in [4.78, 5) is 26.6. The van der Waals surface area contributed by atoms with Crippen LogP contribution in [0.4, 0.5) is 0 Å². The van der Waals surface area contributed by atoms with Gasteiger partial charge in [0.05, 0.1) is 19.0 Å². The first-order valence-electron chi connectivity index (χ1n) is 11.8. The van der Waals surface area contributed by atoms with Crippen LogP contribution < -0.4 is 16.0 Å². The first-order valence-corrected chi connectivity index (χ1v) is 11.8. The van der Waals surface area contributed by atoms with Crippen molar-refractivity contribution in [2.75, 3.05) is 7.11 Å². The lowest BCUT2D eigenvalue weighted by Gasteiger charge is -2.16. The quantitative estimate of drug-likeness (QED) is 0.360. The number of aromatic nitrogens is 6. The summed E-state index contributed by atoms with van der Waals surface area (Å²) in [5, 5.41) is 14.9. The molecule has 2 aromatic heterocycles. The average Bonchev–Trinajstić information content (AvgIpc) is 3.46. The van der Waals surface area contributed by atoms with Crippen molar-refractivity contribution in [3.05, 3.63) is 93.1 Å². The summed E-state index contributed by atoms with van der Waals surface area (Å²) in [6.07, 6.45) is 1.63. The molecule has 5 aromatic rings. The Kier molecular flexibility index (Phi) is 6.44. The van der Waals surface area contributed by atoms with Gasteiger partial charge in [-0.3, -0.25) is 13.9 Å². The first kappa shape index (κ1) is 23.2. The fourth-order valence-electron chi connectivity index (χ4n) is 4.45. The molecule has 0 amide bonds. The van der Waals surface area contributed by atoms with Gasteiger partial charge in [0.2, 0.25) is 5.82 Å². The van der Waals surface area contributed by atoms with E-state index in [-0.39, 0.29) is 11.2 Å². The molecule has 0 saturated heterocycles. The second-order valence-corrected chi connectivity index (χ2v) is 8.51. The van der Waals surface area contributed by atoms with Crippen LogP contribution in [0.3, 0.4) is 0 Å². The normalized spacial score (nSPS) is 11.2. The number of unbranched alkanes of at least 4 members (excludes halogenated alkanes) is 1. The number of rotatable bonds is 8. The van der Waals surface area contributed by atoms with Gasteiger partial charge in [-0.2, -0.15) is 5.21 Å². The van der Waals surface area contributed by atoms with Gasteiger partial charge in [0, 0.05) is 12.1 Å². The third kappa shape index (κ3) is 4.19. The first-order chi connectivity index (χ1) is 17.6. The molecule has 0 bridgehead atoms. The second kappa shape index (κ2) is 9.99. The minimum atomic E-state index is -0.336. The monoisotopic (exact) mass is 482 g/mol. The van der Waals surface area contributed by atoms with Crippen LogP contribution >= 0.6 is 0 Å². The fraction of sp³-hybridized carbons (Fsp3) is 0.222. The average molecular weight is 483 g/mol. The summed E-state index contributed by atoms with van der Waals surface area (Å²) in [6.45, 7) is 2.72. The van der Waals surface area contributed by atoms with Crippen molar-refractivity contribution >= 4 is 10.9 Å². The molecule has 0 saturated carbocycles. The molecule has 0 aliphatic rings. The van der Waals surface area contributed by atoms with E-state index in [4.69, 9.17) is 4.74 Å². The van der Waals surface area contributed by atoms with E-state index < -0.39 is 0 Å². The third-order valence-corrected chi connectivity index (χ3v) is 6.28. The van der Waals surface area contributed by atoms with Gasteiger partial charge in [-0.05, 0) is 40.5 Å². The molecular formula is C27H26N6O3. The number of hydrogen-bond acceptors (Lipinski definition) is 6. The van der Waals surface area contributed by atoms with Crippen LogP contribution in [0.25, 0.3) is 33.4 Å². The molecule has 1 N–H and O–H groups in total. The molecule has 0 radical (unpaired) electrons. The highest BCUT2D eigenvalue weighted by Crippen LogP contribution is 2.30. The summed E-state index contributed by atoms with van der Waals surface area (Å²) in [5.74, 6) is 1.02. The number of fused-ring (bicyclic) bond motifs is 1. The number of para-hydroxylation sites is 1. The molecule has 0 fully saturated rings. The number of nitrogens with one attached hydrogen (secondary N) is 1. The number of benzene rings is 3. The number of H-pyrrole nitrogens is 1. The SMILES string of the molecule is CCCCn1c(=O)c2cccc(OC)c2n(Cc2ccc(-c3ccccc3-c3nn[nH]n3)cc2)c1=O. The highest BCUT2D eigenvalue weighted by atomic mass is 16.5. The zero-order valence-electron chi connectivity index (χ0n) is 20.1. The van der Waals surface area contributed by atoms with E-state index in [2.05, 4.69) is 20.6 Å². The maximum atomic E-state index is 13.5. The van der Waals surface area contributed by atoms with Crippen molar-refractivity contribution in [1.29, 1.82) is 0 Å². The third-order valence-electron chi connectivity index (χ3n) is 6.28. The van der Waals surface area contributed by atoms with Gasteiger partial charge in [0.1, 0.15) is 11.3 Å². The summed E-state index contributed by atoms with van der Waals surface area (Å²) in [5.41, 5.74) is 3.64. The van der Waals surface area contributed by atoms with E-state index in [9.17, 15) is 9.59 Å². The van der Waals surface area contributed by atoms with Crippen LogP contribution in [0.5, 0.6) is 5.75 Å². The molecule has 9 heteroatoms. The van der Waals surface area contributed by atoms with Gasteiger partial charge >= 0.3 is 5.69 Å². The molecule has 182 valence electrons. The van der Waals surface area contributed by atoms with Crippen molar-refractivity contribution < 1.29 is 4.74 Å². The van der Waals surface area contributed by atoms with Gasteiger partial charge in [0.25, 0.3) is 5.56 Å². The molecule has 0 atom stereocenters. The van der Waals surface area contributed by atoms with Crippen LogP contribution in [0.1, 0.15) is 25.3 Å². The maximum Gasteiger partial charge on any atom is 0.331 e.